The first-order valence-electron chi connectivity index (χ1n) is 9.33. The summed E-state index contributed by atoms with van der Waals surface area (Å²) in [6.07, 6.45) is 1.47. The van der Waals surface area contributed by atoms with E-state index < -0.39 is 0 Å². The predicted molar refractivity (Wildman–Crippen MR) is 112 cm³/mol. The number of amides is 1. The third kappa shape index (κ3) is 5.60. The van der Waals surface area contributed by atoms with Gasteiger partial charge in [0.25, 0.3) is 11.5 Å². The van der Waals surface area contributed by atoms with Crippen molar-refractivity contribution in [2.75, 3.05) is 27.4 Å². The summed E-state index contributed by atoms with van der Waals surface area (Å²) in [6.45, 7) is 0.479. The minimum absolute atomic E-state index is 0.115. The average molecular weight is 409 g/mol. The van der Waals surface area contributed by atoms with Crippen LogP contribution < -0.4 is 25.1 Å². The highest BCUT2D eigenvalue weighted by Crippen LogP contribution is 2.19. The number of hydrogen-bond donors (Lipinski definition) is 1. The molecule has 0 bridgehead atoms. The van der Waals surface area contributed by atoms with Gasteiger partial charge in [-0.2, -0.15) is 0 Å². The maximum atomic E-state index is 12.3. The van der Waals surface area contributed by atoms with Gasteiger partial charge in [-0.25, -0.2) is 4.98 Å². The Morgan fingerprint density at radius 2 is 1.57 bits per heavy atom. The lowest BCUT2D eigenvalue weighted by Crippen LogP contribution is -2.33. The third-order valence-corrected chi connectivity index (χ3v) is 4.37. The number of nitrogens with one attached hydrogen (secondary N) is 1. The Morgan fingerprint density at radius 3 is 2.17 bits per heavy atom. The number of rotatable bonds is 9. The van der Waals surface area contributed by atoms with Gasteiger partial charge in [-0.15, -0.1) is 0 Å². The number of hydrogen-bond acceptors (Lipinski definition) is 6. The Hall–Kier alpha value is -3.81. The zero-order chi connectivity index (χ0) is 21.3. The van der Waals surface area contributed by atoms with E-state index in [1.807, 2.05) is 24.3 Å². The molecule has 0 radical (unpaired) electrons. The average Bonchev–Trinajstić information content (AvgIpc) is 2.79. The normalized spacial score (nSPS) is 10.3. The maximum absolute atomic E-state index is 12.3. The van der Waals surface area contributed by atoms with E-state index in [-0.39, 0.29) is 24.6 Å². The molecule has 2 aromatic carbocycles. The van der Waals surface area contributed by atoms with E-state index in [9.17, 15) is 9.59 Å². The maximum Gasteiger partial charge on any atom is 0.258 e. The van der Waals surface area contributed by atoms with Crippen LogP contribution in [0.15, 0.2) is 65.7 Å². The number of ether oxygens (including phenoxy) is 3. The van der Waals surface area contributed by atoms with Gasteiger partial charge in [-0.3, -0.25) is 14.2 Å². The molecule has 3 rings (SSSR count). The van der Waals surface area contributed by atoms with Crippen molar-refractivity contribution >= 4 is 5.91 Å². The van der Waals surface area contributed by atoms with Gasteiger partial charge in [-0.1, -0.05) is 0 Å². The van der Waals surface area contributed by atoms with Crippen LogP contribution in [0.4, 0.5) is 0 Å². The van der Waals surface area contributed by atoms with Crippen LogP contribution in [-0.4, -0.2) is 42.8 Å². The van der Waals surface area contributed by atoms with E-state index in [0.29, 0.717) is 23.7 Å². The van der Waals surface area contributed by atoms with Crippen molar-refractivity contribution in [3.05, 3.63) is 71.3 Å². The largest absolute Gasteiger partial charge is 0.497 e. The number of methoxy groups -OCH3 is 2. The lowest BCUT2D eigenvalue weighted by molar-refractivity contribution is -0.123. The van der Waals surface area contributed by atoms with Gasteiger partial charge in [0, 0.05) is 24.7 Å². The van der Waals surface area contributed by atoms with Crippen LogP contribution in [0.1, 0.15) is 0 Å². The summed E-state index contributed by atoms with van der Waals surface area (Å²) < 4.78 is 17.1. The summed E-state index contributed by atoms with van der Waals surface area (Å²) in [5.41, 5.74) is 1.21. The highest BCUT2D eigenvalue weighted by molar-refractivity contribution is 5.77. The van der Waals surface area contributed by atoms with Crippen molar-refractivity contribution in [3.63, 3.8) is 0 Å². The van der Waals surface area contributed by atoms with Crippen LogP contribution in [-0.2, 0) is 11.3 Å². The van der Waals surface area contributed by atoms with E-state index in [0.717, 1.165) is 11.3 Å². The molecule has 1 N–H and O–H groups in total. The molecule has 0 aliphatic carbocycles. The first kappa shape index (κ1) is 20.9. The summed E-state index contributed by atoms with van der Waals surface area (Å²) in [6, 6.07) is 15.7. The summed E-state index contributed by atoms with van der Waals surface area (Å²) in [7, 11) is 3.18. The van der Waals surface area contributed by atoms with Gasteiger partial charge < -0.3 is 19.5 Å². The lowest BCUT2D eigenvalue weighted by atomic mass is 10.1. The van der Waals surface area contributed by atoms with Crippen LogP contribution in [0.2, 0.25) is 0 Å². The van der Waals surface area contributed by atoms with Gasteiger partial charge >= 0.3 is 0 Å². The van der Waals surface area contributed by atoms with E-state index in [1.54, 1.807) is 38.5 Å². The Labute approximate surface area is 174 Å². The molecule has 8 heteroatoms. The molecule has 1 aromatic heterocycles. The monoisotopic (exact) mass is 409 g/mol. The topological polar surface area (TPSA) is 91.7 Å². The summed E-state index contributed by atoms with van der Waals surface area (Å²) in [4.78, 5) is 28.6. The third-order valence-electron chi connectivity index (χ3n) is 4.37. The van der Waals surface area contributed by atoms with Crippen LogP contribution in [0.25, 0.3) is 11.3 Å². The fourth-order valence-electron chi connectivity index (χ4n) is 2.70. The zero-order valence-electron chi connectivity index (χ0n) is 16.8. The molecule has 0 unspecified atom stereocenters. The Morgan fingerprint density at radius 1 is 0.967 bits per heavy atom. The second-order valence-corrected chi connectivity index (χ2v) is 6.35. The number of benzene rings is 2. The molecule has 0 fully saturated rings. The molecule has 0 aliphatic heterocycles. The number of carbonyl (C=O) groups is 1. The molecule has 30 heavy (non-hydrogen) atoms. The van der Waals surface area contributed by atoms with Crippen molar-refractivity contribution in [2.24, 2.45) is 0 Å². The highest BCUT2D eigenvalue weighted by Gasteiger charge is 2.06. The van der Waals surface area contributed by atoms with E-state index in [1.165, 1.54) is 17.0 Å². The molecule has 3 aromatic rings. The molecule has 0 aliphatic rings. The minimum Gasteiger partial charge on any atom is -0.497 e. The smallest absolute Gasteiger partial charge is 0.258 e. The molecule has 1 amide bonds. The molecule has 156 valence electrons. The molecule has 0 spiro atoms. The second kappa shape index (κ2) is 10.1. The van der Waals surface area contributed by atoms with Crippen molar-refractivity contribution < 1.29 is 19.0 Å². The van der Waals surface area contributed by atoms with E-state index >= 15 is 0 Å². The Kier molecular flexibility index (Phi) is 7.05. The Bertz CT molecular complexity index is 1030. The van der Waals surface area contributed by atoms with Crippen molar-refractivity contribution in [3.8, 4) is 28.5 Å². The van der Waals surface area contributed by atoms with E-state index in [2.05, 4.69) is 10.3 Å². The fourth-order valence-corrected chi connectivity index (χ4v) is 2.70. The molecule has 0 saturated heterocycles. The lowest BCUT2D eigenvalue weighted by Gasteiger charge is -2.10. The zero-order valence-corrected chi connectivity index (χ0v) is 16.8. The fraction of sp³-hybridized carbons (Fsp3) is 0.227. The molecular formula is C22H23N3O5. The first-order valence-corrected chi connectivity index (χ1v) is 9.33. The van der Waals surface area contributed by atoms with Crippen molar-refractivity contribution in [1.29, 1.82) is 0 Å². The van der Waals surface area contributed by atoms with Crippen LogP contribution in [0.5, 0.6) is 17.2 Å². The van der Waals surface area contributed by atoms with Gasteiger partial charge in [0.05, 0.1) is 26.2 Å². The van der Waals surface area contributed by atoms with Crippen molar-refractivity contribution in [2.45, 2.75) is 6.54 Å². The summed E-state index contributed by atoms with van der Waals surface area (Å²) in [5.74, 6) is 1.74. The van der Waals surface area contributed by atoms with Gasteiger partial charge in [-0.05, 0) is 48.5 Å². The van der Waals surface area contributed by atoms with Crippen LogP contribution >= 0.6 is 0 Å². The summed E-state index contributed by atoms with van der Waals surface area (Å²) in [5, 5.41) is 2.72. The van der Waals surface area contributed by atoms with Gasteiger partial charge in [0.1, 0.15) is 17.2 Å². The quantitative estimate of drug-likeness (QED) is 0.582. The molecule has 0 atom stereocenters. The van der Waals surface area contributed by atoms with E-state index in [4.69, 9.17) is 14.2 Å². The molecular weight excluding hydrogens is 386 g/mol. The minimum atomic E-state index is -0.276. The van der Waals surface area contributed by atoms with Crippen molar-refractivity contribution in [1.82, 2.24) is 14.9 Å². The first-order chi connectivity index (χ1) is 14.6. The Balaban J connectivity index is 1.48. The number of nitrogens with zero attached hydrogens (tertiary/aromatic N) is 2. The molecule has 1 heterocycles. The second-order valence-electron chi connectivity index (χ2n) is 6.35. The van der Waals surface area contributed by atoms with Gasteiger partial charge in [0.15, 0.2) is 6.61 Å². The highest BCUT2D eigenvalue weighted by atomic mass is 16.5. The number of aromatic nitrogens is 2. The molecule has 0 saturated carbocycles. The molecule has 8 nitrogen and oxygen atoms in total. The predicted octanol–water partition coefficient (Wildman–Crippen LogP) is 2.12. The number of carbonyl (C=O) groups excluding carboxylic acids is 1. The summed E-state index contributed by atoms with van der Waals surface area (Å²) >= 11 is 0. The standard InChI is InChI=1S/C22H23N3O5/c1-28-17-5-3-16(4-6-17)20-13-22(27)25(15-24-20)12-11-23-21(26)14-30-19-9-7-18(29-2)8-10-19/h3-10,13,15H,11-12,14H2,1-2H3,(H,23,26). The van der Waals surface area contributed by atoms with Crippen LogP contribution in [0.3, 0.4) is 0 Å². The SMILES string of the molecule is COc1ccc(OCC(=O)NCCn2cnc(-c3ccc(OC)cc3)cc2=O)cc1. The van der Waals surface area contributed by atoms with Gasteiger partial charge in [0.2, 0.25) is 0 Å². The van der Waals surface area contributed by atoms with Crippen LogP contribution in [0, 0.1) is 0 Å².